The minimum absolute atomic E-state index is 0.597. The Hall–Kier alpha value is -0.380. The summed E-state index contributed by atoms with van der Waals surface area (Å²) in [4.78, 5) is 5.36. The molecule has 0 bridgehead atoms. The Kier molecular flexibility index (Phi) is 3.56. The van der Waals surface area contributed by atoms with Gasteiger partial charge in [-0.3, -0.25) is 4.84 Å². The van der Waals surface area contributed by atoms with Crippen LogP contribution in [0.25, 0.3) is 0 Å². The number of nitrogens with one attached hydrogen (secondary N) is 1. The third kappa shape index (κ3) is 2.61. The molecule has 1 saturated heterocycles. The molecule has 1 unspecified atom stereocenters. The van der Waals surface area contributed by atoms with Crippen LogP contribution in [0.15, 0.2) is 12.7 Å². The number of rotatable bonds is 4. The van der Waals surface area contributed by atoms with Gasteiger partial charge in [-0.05, 0) is 13.5 Å². The van der Waals surface area contributed by atoms with E-state index in [1.807, 2.05) is 12.1 Å². The number of hydrogen-bond donors (Lipinski definition) is 1. The van der Waals surface area contributed by atoms with Crippen LogP contribution in [0.3, 0.4) is 0 Å². The van der Waals surface area contributed by atoms with Crippen molar-refractivity contribution in [2.45, 2.75) is 12.5 Å². The Labute approximate surface area is 68.0 Å². The first-order valence-corrected chi connectivity index (χ1v) is 4.03. The molecule has 0 radical (unpaired) electrons. The maximum absolute atomic E-state index is 5.36. The first-order chi connectivity index (χ1) is 5.36. The summed E-state index contributed by atoms with van der Waals surface area (Å²) in [5.41, 5.74) is 0. The highest BCUT2D eigenvalue weighted by Gasteiger charge is 2.20. The Balaban J connectivity index is 2.13. The normalized spacial score (nSPS) is 25.7. The van der Waals surface area contributed by atoms with Crippen molar-refractivity contribution in [1.29, 1.82) is 0 Å². The van der Waals surface area contributed by atoms with E-state index in [9.17, 15) is 0 Å². The van der Waals surface area contributed by atoms with Crippen LogP contribution in [-0.2, 0) is 4.84 Å². The smallest absolute Gasteiger partial charge is 0.0864 e. The minimum Gasteiger partial charge on any atom is -0.316 e. The molecule has 1 heterocycles. The number of hydroxylamine groups is 2. The Morgan fingerprint density at radius 1 is 1.82 bits per heavy atom. The average molecular weight is 156 g/mol. The molecule has 0 aromatic heterocycles. The van der Waals surface area contributed by atoms with E-state index >= 15 is 0 Å². The summed E-state index contributed by atoms with van der Waals surface area (Å²) in [7, 11) is 1.99. The van der Waals surface area contributed by atoms with Crippen molar-refractivity contribution < 1.29 is 4.84 Å². The summed E-state index contributed by atoms with van der Waals surface area (Å²) in [6, 6.07) is 0.597. The van der Waals surface area contributed by atoms with Crippen LogP contribution in [0, 0.1) is 0 Å². The number of hydrogen-bond acceptors (Lipinski definition) is 3. The summed E-state index contributed by atoms with van der Waals surface area (Å²) in [6.45, 7) is 6.23. The molecule has 1 aliphatic heterocycles. The minimum atomic E-state index is 0.597. The molecule has 1 aliphatic rings. The van der Waals surface area contributed by atoms with E-state index in [4.69, 9.17) is 4.84 Å². The predicted molar refractivity (Wildman–Crippen MR) is 45.2 cm³/mol. The van der Waals surface area contributed by atoms with E-state index in [1.54, 1.807) is 6.08 Å². The van der Waals surface area contributed by atoms with Crippen LogP contribution in [0.2, 0.25) is 0 Å². The van der Waals surface area contributed by atoms with Gasteiger partial charge in [0.05, 0.1) is 6.61 Å². The van der Waals surface area contributed by atoms with Crippen LogP contribution in [0.5, 0.6) is 0 Å². The fourth-order valence-electron chi connectivity index (χ4n) is 1.24. The molecule has 0 amide bonds. The third-order valence-corrected chi connectivity index (χ3v) is 1.93. The zero-order valence-corrected chi connectivity index (χ0v) is 7.05. The standard InChI is InChI=1S/C8H16N2O/c1-3-6-11-10-5-4-8(7-10)9-2/h3,8-9H,1,4-7H2,2H3. The van der Waals surface area contributed by atoms with Gasteiger partial charge in [-0.25, -0.2) is 0 Å². The van der Waals surface area contributed by atoms with E-state index in [-0.39, 0.29) is 0 Å². The fraction of sp³-hybridized carbons (Fsp3) is 0.750. The highest BCUT2D eigenvalue weighted by molar-refractivity contribution is 4.75. The zero-order valence-electron chi connectivity index (χ0n) is 7.05. The van der Waals surface area contributed by atoms with Gasteiger partial charge in [0, 0.05) is 19.1 Å². The molecule has 3 heteroatoms. The van der Waals surface area contributed by atoms with Gasteiger partial charge in [-0.2, -0.15) is 5.06 Å². The summed E-state index contributed by atoms with van der Waals surface area (Å²) in [6.07, 6.45) is 2.94. The second-order valence-corrected chi connectivity index (χ2v) is 2.75. The molecule has 0 aliphatic carbocycles. The van der Waals surface area contributed by atoms with Gasteiger partial charge in [0.15, 0.2) is 0 Å². The molecule has 0 saturated carbocycles. The van der Waals surface area contributed by atoms with E-state index in [1.165, 1.54) is 6.42 Å². The average Bonchev–Trinajstić information content (AvgIpc) is 2.48. The number of nitrogens with zero attached hydrogens (tertiary/aromatic N) is 1. The maximum atomic E-state index is 5.36. The Bertz CT molecular complexity index is 127. The van der Waals surface area contributed by atoms with Gasteiger partial charge in [0.2, 0.25) is 0 Å². The van der Waals surface area contributed by atoms with E-state index in [2.05, 4.69) is 11.9 Å². The number of likely N-dealkylation sites (N-methyl/N-ethyl adjacent to an activating group) is 1. The van der Waals surface area contributed by atoms with Gasteiger partial charge in [0.1, 0.15) is 0 Å². The molecule has 11 heavy (non-hydrogen) atoms. The second kappa shape index (κ2) is 4.49. The van der Waals surface area contributed by atoms with Crippen molar-refractivity contribution in [3.05, 3.63) is 12.7 Å². The lowest BCUT2D eigenvalue weighted by molar-refractivity contribution is -0.131. The molecule has 3 nitrogen and oxygen atoms in total. The molecule has 0 aromatic rings. The van der Waals surface area contributed by atoms with Gasteiger partial charge in [0.25, 0.3) is 0 Å². The Morgan fingerprint density at radius 2 is 2.64 bits per heavy atom. The fourth-order valence-corrected chi connectivity index (χ4v) is 1.24. The van der Waals surface area contributed by atoms with Gasteiger partial charge in [-0.1, -0.05) is 6.08 Å². The van der Waals surface area contributed by atoms with E-state index in [0.29, 0.717) is 12.6 Å². The van der Waals surface area contributed by atoms with Crippen molar-refractivity contribution in [3.8, 4) is 0 Å². The first kappa shape index (κ1) is 8.71. The Morgan fingerprint density at radius 3 is 3.18 bits per heavy atom. The highest BCUT2D eigenvalue weighted by Crippen LogP contribution is 2.08. The van der Waals surface area contributed by atoms with Gasteiger partial charge in [-0.15, -0.1) is 6.58 Å². The summed E-state index contributed by atoms with van der Waals surface area (Å²) in [5.74, 6) is 0. The lowest BCUT2D eigenvalue weighted by atomic mass is 10.3. The van der Waals surface area contributed by atoms with E-state index < -0.39 is 0 Å². The molecule has 1 N–H and O–H groups in total. The monoisotopic (exact) mass is 156 g/mol. The van der Waals surface area contributed by atoms with Crippen LogP contribution in [0.4, 0.5) is 0 Å². The third-order valence-electron chi connectivity index (χ3n) is 1.93. The SMILES string of the molecule is C=CCON1CCC(NC)C1. The molecule has 1 atom stereocenters. The summed E-state index contributed by atoms with van der Waals surface area (Å²) in [5, 5.41) is 5.21. The molecule has 1 fully saturated rings. The van der Waals surface area contributed by atoms with Crippen molar-refractivity contribution in [2.75, 3.05) is 26.7 Å². The van der Waals surface area contributed by atoms with Gasteiger partial charge < -0.3 is 5.32 Å². The maximum Gasteiger partial charge on any atom is 0.0864 e. The lowest BCUT2D eigenvalue weighted by Gasteiger charge is -2.13. The molecular formula is C8H16N2O. The lowest BCUT2D eigenvalue weighted by Crippen LogP contribution is -2.29. The van der Waals surface area contributed by atoms with Crippen molar-refractivity contribution >= 4 is 0 Å². The second-order valence-electron chi connectivity index (χ2n) is 2.75. The topological polar surface area (TPSA) is 24.5 Å². The molecule has 0 aromatic carbocycles. The van der Waals surface area contributed by atoms with Crippen LogP contribution in [-0.4, -0.2) is 37.8 Å². The van der Waals surface area contributed by atoms with Crippen molar-refractivity contribution in [3.63, 3.8) is 0 Å². The van der Waals surface area contributed by atoms with Crippen molar-refractivity contribution in [2.24, 2.45) is 0 Å². The van der Waals surface area contributed by atoms with Crippen LogP contribution in [0.1, 0.15) is 6.42 Å². The largest absolute Gasteiger partial charge is 0.316 e. The van der Waals surface area contributed by atoms with Crippen LogP contribution < -0.4 is 5.32 Å². The summed E-state index contributed by atoms with van der Waals surface area (Å²) < 4.78 is 0. The molecular weight excluding hydrogens is 140 g/mol. The van der Waals surface area contributed by atoms with Gasteiger partial charge >= 0.3 is 0 Å². The first-order valence-electron chi connectivity index (χ1n) is 4.03. The zero-order chi connectivity index (χ0) is 8.10. The molecule has 0 spiro atoms. The highest BCUT2D eigenvalue weighted by atomic mass is 16.7. The summed E-state index contributed by atoms with van der Waals surface area (Å²) >= 11 is 0. The molecule has 1 rings (SSSR count). The predicted octanol–water partition coefficient (Wildman–Crippen LogP) is 0.398. The van der Waals surface area contributed by atoms with Crippen LogP contribution >= 0.6 is 0 Å². The van der Waals surface area contributed by atoms with E-state index in [0.717, 1.165) is 13.1 Å². The van der Waals surface area contributed by atoms with Crippen molar-refractivity contribution in [1.82, 2.24) is 10.4 Å². The molecule has 64 valence electrons. The quantitative estimate of drug-likeness (QED) is 0.596.